The topological polar surface area (TPSA) is 54.5 Å². The smallest absolute Gasteiger partial charge is 0.111 e. The molecule has 0 aliphatic carbocycles. The van der Waals surface area contributed by atoms with Gasteiger partial charge in [0.2, 0.25) is 0 Å². The molecule has 0 unspecified atom stereocenters. The largest absolute Gasteiger partial charge is 0.340 e. The number of benzene rings is 2. The molecule has 30 heavy (non-hydrogen) atoms. The van der Waals surface area contributed by atoms with Gasteiger partial charge in [-0.3, -0.25) is 9.97 Å². The molecule has 0 fully saturated rings. The maximum atomic E-state index is 5.00. The summed E-state index contributed by atoms with van der Waals surface area (Å²) in [5.41, 5.74) is 8.27. The molecule has 146 valence electrons. The average Bonchev–Trinajstić information content (AvgIpc) is 3.19. The molecule has 5 rings (SSSR count). The molecule has 3 aromatic heterocycles. The minimum atomic E-state index is 0.744. The lowest BCUT2D eigenvalue weighted by Gasteiger charge is -2.05. The Morgan fingerprint density at radius 1 is 0.833 bits per heavy atom. The molecule has 0 spiro atoms. The van der Waals surface area contributed by atoms with Crippen LogP contribution in [0.3, 0.4) is 0 Å². The molecule has 0 radical (unpaired) electrons. The number of H-pyrrole nitrogens is 1. The van der Waals surface area contributed by atoms with Gasteiger partial charge >= 0.3 is 0 Å². The summed E-state index contributed by atoms with van der Waals surface area (Å²) in [4.78, 5) is 17.7. The van der Waals surface area contributed by atoms with Gasteiger partial charge in [-0.2, -0.15) is 0 Å². The van der Waals surface area contributed by atoms with Crippen molar-refractivity contribution in [2.45, 2.75) is 20.3 Å². The van der Waals surface area contributed by atoms with Gasteiger partial charge in [0.1, 0.15) is 5.82 Å². The van der Waals surface area contributed by atoms with Crippen LogP contribution in [0, 0.1) is 13.8 Å². The van der Waals surface area contributed by atoms with E-state index in [9.17, 15) is 0 Å². The Labute approximate surface area is 175 Å². The van der Waals surface area contributed by atoms with E-state index in [1.165, 1.54) is 11.1 Å². The summed E-state index contributed by atoms with van der Waals surface area (Å²) in [5, 5.41) is 1.10. The van der Waals surface area contributed by atoms with E-state index >= 15 is 0 Å². The molecule has 4 heteroatoms. The molecule has 0 bridgehead atoms. The highest BCUT2D eigenvalue weighted by atomic mass is 15.0. The SMILES string of the molecule is Cc1ccc(Cc2nc(-c3ccc4ncccc4c3)c(-c3cccc(C)n3)[nH]2)cc1. The van der Waals surface area contributed by atoms with Crippen LogP contribution in [0.15, 0.2) is 79.0 Å². The van der Waals surface area contributed by atoms with Crippen molar-refractivity contribution < 1.29 is 0 Å². The van der Waals surface area contributed by atoms with Crippen LogP contribution < -0.4 is 0 Å². The van der Waals surface area contributed by atoms with Crippen LogP contribution in [0.2, 0.25) is 0 Å². The number of aromatic nitrogens is 4. The lowest BCUT2D eigenvalue weighted by atomic mass is 10.1. The Hall–Kier alpha value is -3.79. The number of pyridine rings is 2. The zero-order valence-electron chi connectivity index (χ0n) is 17.1. The molecule has 0 atom stereocenters. The van der Waals surface area contributed by atoms with Gasteiger partial charge in [0, 0.05) is 29.3 Å². The Bertz CT molecular complexity index is 1330. The van der Waals surface area contributed by atoms with Gasteiger partial charge < -0.3 is 4.98 Å². The summed E-state index contributed by atoms with van der Waals surface area (Å²) >= 11 is 0. The summed E-state index contributed by atoms with van der Waals surface area (Å²) < 4.78 is 0. The molecule has 0 amide bonds. The van der Waals surface area contributed by atoms with Crippen molar-refractivity contribution >= 4 is 10.9 Å². The van der Waals surface area contributed by atoms with Crippen LogP contribution in [-0.2, 0) is 6.42 Å². The maximum Gasteiger partial charge on any atom is 0.111 e. The Balaban J connectivity index is 1.63. The standard InChI is InChI=1S/C26H22N4/c1-17-8-10-19(11-9-17)15-24-29-25(26(30-24)23-7-3-5-18(2)28-23)21-12-13-22-20(16-21)6-4-14-27-22/h3-14,16H,15H2,1-2H3,(H,29,30). The highest BCUT2D eigenvalue weighted by Gasteiger charge is 2.16. The summed E-state index contributed by atoms with van der Waals surface area (Å²) in [5.74, 6) is 0.929. The van der Waals surface area contributed by atoms with E-state index in [1.54, 1.807) is 0 Å². The fourth-order valence-corrected chi connectivity index (χ4v) is 3.70. The number of aromatic amines is 1. The molecule has 4 nitrogen and oxygen atoms in total. The zero-order chi connectivity index (χ0) is 20.5. The van der Waals surface area contributed by atoms with E-state index in [2.05, 4.69) is 59.4 Å². The lowest BCUT2D eigenvalue weighted by Crippen LogP contribution is -1.91. The fraction of sp³-hybridized carbons (Fsp3) is 0.115. The molecule has 2 aromatic carbocycles. The van der Waals surface area contributed by atoms with Crippen molar-refractivity contribution in [3.8, 4) is 22.6 Å². The predicted octanol–water partition coefficient (Wildman–Crippen LogP) is 5.89. The van der Waals surface area contributed by atoms with Crippen molar-refractivity contribution in [2.75, 3.05) is 0 Å². The highest BCUT2D eigenvalue weighted by molar-refractivity contribution is 5.86. The number of imidazole rings is 1. The number of fused-ring (bicyclic) bond motifs is 1. The third kappa shape index (κ3) is 3.60. The van der Waals surface area contributed by atoms with E-state index in [-0.39, 0.29) is 0 Å². The molecular weight excluding hydrogens is 368 g/mol. The third-order valence-corrected chi connectivity index (χ3v) is 5.27. The van der Waals surface area contributed by atoms with E-state index in [1.807, 2.05) is 43.5 Å². The molecule has 1 N–H and O–H groups in total. The van der Waals surface area contributed by atoms with Gasteiger partial charge in [0.15, 0.2) is 0 Å². The molecule has 0 saturated heterocycles. The van der Waals surface area contributed by atoms with Crippen molar-refractivity contribution in [1.82, 2.24) is 19.9 Å². The summed E-state index contributed by atoms with van der Waals surface area (Å²) in [6.45, 7) is 4.11. The Kier molecular flexibility index (Phi) is 4.60. The normalized spacial score (nSPS) is 11.1. The minimum absolute atomic E-state index is 0.744. The van der Waals surface area contributed by atoms with E-state index in [4.69, 9.17) is 9.97 Å². The van der Waals surface area contributed by atoms with Crippen LogP contribution in [-0.4, -0.2) is 19.9 Å². The second-order valence-electron chi connectivity index (χ2n) is 7.64. The summed E-state index contributed by atoms with van der Waals surface area (Å²) in [6, 6.07) is 25.0. The molecule has 5 aromatic rings. The van der Waals surface area contributed by atoms with Crippen molar-refractivity contribution in [3.63, 3.8) is 0 Å². The zero-order valence-corrected chi connectivity index (χ0v) is 17.1. The van der Waals surface area contributed by atoms with Gasteiger partial charge in [-0.15, -0.1) is 0 Å². The van der Waals surface area contributed by atoms with Crippen LogP contribution in [0.5, 0.6) is 0 Å². The first kappa shape index (κ1) is 18.3. The van der Waals surface area contributed by atoms with Crippen molar-refractivity contribution in [2.24, 2.45) is 0 Å². The quantitative estimate of drug-likeness (QED) is 0.416. The first-order valence-electron chi connectivity index (χ1n) is 10.1. The van der Waals surface area contributed by atoms with Crippen LogP contribution in [0.4, 0.5) is 0 Å². The minimum Gasteiger partial charge on any atom is -0.340 e. The number of hydrogen-bond donors (Lipinski definition) is 1. The number of nitrogens with one attached hydrogen (secondary N) is 1. The lowest BCUT2D eigenvalue weighted by molar-refractivity contribution is 1.02. The second-order valence-corrected chi connectivity index (χ2v) is 7.64. The maximum absolute atomic E-state index is 5.00. The number of hydrogen-bond acceptors (Lipinski definition) is 3. The number of rotatable bonds is 4. The third-order valence-electron chi connectivity index (χ3n) is 5.27. The first-order valence-corrected chi connectivity index (χ1v) is 10.1. The second kappa shape index (κ2) is 7.56. The molecule has 3 heterocycles. The van der Waals surface area contributed by atoms with Crippen LogP contribution in [0.25, 0.3) is 33.5 Å². The molecule has 0 aliphatic rings. The van der Waals surface area contributed by atoms with Crippen molar-refractivity contribution in [3.05, 3.63) is 102 Å². The number of aryl methyl sites for hydroxylation is 2. The molecule has 0 aliphatic heterocycles. The highest BCUT2D eigenvalue weighted by Crippen LogP contribution is 2.31. The van der Waals surface area contributed by atoms with E-state index in [0.29, 0.717) is 0 Å². The van der Waals surface area contributed by atoms with Gasteiger partial charge in [0.25, 0.3) is 0 Å². The predicted molar refractivity (Wildman–Crippen MR) is 121 cm³/mol. The van der Waals surface area contributed by atoms with Gasteiger partial charge in [-0.05, 0) is 49.7 Å². The Morgan fingerprint density at radius 2 is 1.70 bits per heavy atom. The van der Waals surface area contributed by atoms with E-state index in [0.717, 1.165) is 51.5 Å². The molecule has 0 saturated carbocycles. The average molecular weight is 390 g/mol. The first-order chi connectivity index (χ1) is 14.7. The van der Waals surface area contributed by atoms with E-state index < -0.39 is 0 Å². The fourth-order valence-electron chi connectivity index (χ4n) is 3.70. The molecular formula is C26H22N4. The Morgan fingerprint density at radius 3 is 2.53 bits per heavy atom. The van der Waals surface area contributed by atoms with Crippen LogP contribution in [0.1, 0.15) is 22.6 Å². The summed E-state index contributed by atoms with van der Waals surface area (Å²) in [6.07, 6.45) is 2.56. The van der Waals surface area contributed by atoms with Crippen LogP contribution >= 0.6 is 0 Å². The van der Waals surface area contributed by atoms with Gasteiger partial charge in [-0.25, -0.2) is 4.98 Å². The monoisotopic (exact) mass is 390 g/mol. The van der Waals surface area contributed by atoms with Gasteiger partial charge in [-0.1, -0.05) is 48.0 Å². The summed E-state index contributed by atoms with van der Waals surface area (Å²) in [7, 11) is 0. The van der Waals surface area contributed by atoms with Crippen molar-refractivity contribution in [1.29, 1.82) is 0 Å². The number of nitrogens with zero attached hydrogens (tertiary/aromatic N) is 3. The van der Waals surface area contributed by atoms with Gasteiger partial charge in [0.05, 0.1) is 22.6 Å².